The molecule has 0 aliphatic carbocycles. The molecule has 43 heavy (non-hydrogen) atoms. The maximum absolute atomic E-state index is 13.8. The van der Waals surface area contributed by atoms with Crippen LogP contribution in [0.4, 0.5) is 5.69 Å². The Morgan fingerprint density at radius 3 is 2.47 bits per heavy atom. The largest absolute Gasteiger partial charge is 0.381 e. The van der Waals surface area contributed by atoms with Crippen molar-refractivity contribution in [2.75, 3.05) is 37.7 Å². The summed E-state index contributed by atoms with van der Waals surface area (Å²) in [6.07, 6.45) is 4.54. The highest BCUT2D eigenvalue weighted by Gasteiger charge is 2.25. The van der Waals surface area contributed by atoms with Gasteiger partial charge in [-0.1, -0.05) is 31.2 Å². The highest BCUT2D eigenvalue weighted by molar-refractivity contribution is 5.99. The number of benzene rings is 2. The predicted octanol–water partition coefficient (Wildman–Crippen LogP) is 6.13. The molecule has 2 aliphatic heterocycles. The highest BCUT2D eigenvalue weighted by Crippen LogP contribution is 2.34. The van der Waals surface area contributed by atoms with Crippen molar-refractivity contribution in [1.82, 2.24) is 15.2 Å². The first-order valence-electron chi connectivity index (χ1n) is 16.0. The van der Waals surface area contributed by atoms with Gasteiger partial charge in [-0.3, -0.25) is 14.5 Å². The summed E-state index contributed by atoms with van der Waals surface area (Å²) in [5.74, 6) is 0.591. The molecule has 5 rings (SSSR count). The van der Waals surface area contributed by atoms with Crippen LogP contribution >= 0.6 is 0 Å². The van der Waals surface area contributed by atoms with Gasteiger partial charge in [-0.05, 0) is 112 Å². The number of rotatable bonds is 9. The number of ether oxygens (including phenoxy) is 1. The van der Waals surface area contributed by atoms with Gasteiger partial charge >= 0.3 is 0 Å². The van der Waals surface area contributed by atoms with E-state index in [0.29, 0.717) is 17.2 Å². The Hall–Kier alpha value is -3.42. The zero-order valence-corrected chi connectivity index (χ0v) is 26.6. The van der Waals surface area contributed by atoms with Crippen molar-refractivity contribution in [3.8, 4) is 11.1 Å². The fourth-order valence-electron chi connectivity index (χ4n) is 6.88. The number of aromatic amines is 1. The van der Waals surface area contributed by atoms with Crippen LogP contribution in [0.25, 0.3) is 11.1 Å². The Kier molecular flexibility index (Phi) is 10.0. The summed E-state index contributed by atoms with van der Waals surface area (Å²) >= 11 is 0. The molecular weight excluding hydrogens is 536 g/mol. The molecule has 1 amide bonds. The van der Waals surface area contributed by atoms with E-state index in [9.17, 15) is 9.59 Å². The summed E-state index contributed by atoms with van der Waals surface area (Å²) in [5, 5.41) is 3.05. The first-order chi connectivity index (χ1) is 20.7. The van der Waals surface area contributed by atoms with E-state index in [2.05, 4.69) is 64.3 Å². The minimum Gasteiger partial charge on any atom is -0.381 e. The number of anilines is 1. The van der Waals surface area contributed by atoms with Crippen LogP contribution in [0, 0.1) is 26.7 Å². The number of nitrogens with zero attached hydrogens (tertiary/aromatic N) is 2. The van der Waals surface area contributed by atoms with Gasteiger partial charge in [-0.2, -0.15) is 0 Å². The van der Waals surface area contributed by atoms with Crippen LogP contribution in [0.15, 0.2) is 47.3 Å². The SMILES string of the molecule is CCN(c1cc(-c2ccc(CN3CCC[C@H](C)C3)cc2)cc(C(=O)NCc2c(C)cc(C)[nH]c2=O)c1C)C1CCOCC1. The Morgan fingerprint density at radius 1 is 1.05 bits per heavy atom. The number of carbonyl (C=O) groups is 1. The number of aryl methyl sites for hydroxylation is 2. The zero-order valence-electron chi connectivity index (χ0n) is 26.6. The molecule has 7 nitrogen and oxygen atoms in total. The molecule has 2 aromatic carbocycles. The summed E-state index contributed by atoms with van der Waals surface area (Å²) in [7, 11) is 0. The lowest BCUT2D eigenvalue weighted by Crippen LogP contribution is -2.40. The van der Waals surface area contributed by atoms with Gasteiger partial charge in [0.2, 0.25) is 0 Å². The standard InChI is InChI=1S/C36H48N4O3/c1-6-40(31-13-16-43-17-14-31)34-20-30(29-11-9-28(10-12-29)23-39-15-7-8-24(2)22-39)19-32(27(34)5)35(41)37-21-33-25(3)18-26(4)38-36(33)42/h9-12,18-20,24,31H,6-8,13-17,21-23H2,1-5H3,(H,37,41)(H,38,42)/t24-/m0/s1. The fraction of sp³-hybridized carbons (Fsp3) is 0.500. The van der Waals surface area contributed by atoms with Gasteiger partial charge in [-0.15, -0.1) is 0 Å². The van der Waals surface area contributed by atoms with Crippen LogP contribution in [0.1, 0.15) is 77.8 Å². The number of amides is 1. The summed E-state index contributed by atoms with van der Waals surface area (Å²) < 4.78 is 5.67. The number of hydrogen-bond acceptors (Lipinski definition) is 5. The molecule has 0 saturated carbocycles. The van der Waals surface area contributed by atoms with Gasteiger partial charge in [0.05, 0.1) is 0 Å². The molecule has 230 valence electrons. The third-order valence-corrected chi connectivity index (χ3v) is 9.26. The van der Waals surface area contributed by atoms with Gasteiger partial charge in [0.25, 0.3) is 11.5 Å². The molecule has 0 radical (unpaired) electrons. The van der Waals surface area contributed by atoms with Crippen LogP contribution in [-0.2, 0) is 17.8 Å². The first kappa shape index (κ1) is 31.0. The number of aromatic nitrogens is 1. The van der Waals surface area contributed by atoms with E-state index >= 15 is 0 Å². The molecule has 3 heterocycles. The lowest BCUT2D eigenvalue weighted by atomic mass is 9.94. The smallest absolute Gasteiger partial charge is 0.253 e. The molecule has 7 heteroatoms. The molecule has 0 bridgehead atoms. The van der Waals surface area contributed by atoms with Gasteiger partial charge in [0, 0.05) is 67.9 Å². The predicted molar refractivity (Wildman–Crippen MR) is 175 cm³/mol. The molecule has 0 unspecified atom stereocenters. The lowest BCUT2D eigenvalue weighted by molar-refractivity contribution is 0.0846. The van der Waals surface area contributed by atoms with E-state index in [4.69, 9.17) is 4.74 Å². The van der Waals surface area contributed by atoms with Gasteiger partial charge in [0.15, 0.2) is 0 Å². The van der Waals surface area contributed by atoms with Crippen molar-refractivity contribution < 1.29 is 9.53 Å². The minimum atomic E-state index is -0.168. The average molecular weight is 585 g/mol. The Morgan fingerprint density at radius 2 is 1.79 bits per heavy atom. The van der Waals surface area contributed by atoms with E-state index in [1.54, 1.807) is 0 Å². The fourth-order valence-corrected chi connectivity index (χ4v) is 6.88. The van der Waals surface area contributed by atoms with E-state index in [0.717, 1.165) is 85.2 Å². The van der Waals surface area contributed by atoms with E-state index in [-0.39, 0.29) is 18.0 Å². The van der Waals surface area contributed by atoms with Crippen LogP contribution < -0.4 is 15.8 Å². The van der Waals surface area contributed by atoms with E-state index in [1.165, 1.54) is 24.9 Å². The summed E-state index contributed by atoms with van der Waals surface area (Å²) in [6, 6.07) is 15.4. The normalized spacial score (nSPS) is 18.0. The van der Waals surface area contributed by atoms with Crippen molar-refractivity contribution in [2.24, 2.45) is 5.92 Å². The summed E-state index contributed by atoms with van der Waals surface area (Å²) in [6.45, 7) is 16.2. The summed E-state index contributed by atoms with van der Waals surface area (Å²) in [4.78, 5) is 34.3. The first-order valence-corrected chi connectivity index (χ1v) is 16.0. The average Bonchev–Trinajstić information content (AvgIpc) is 2.99. The number of carbonyl (C=O) groups excluding carboxylic acids is 1. The van der Waals surface area contributed by atoms with Gasteiger partial charge in [-0.25, -0.2) is 0 Å². The highest BCUT2D eigenvalue weighted by atomic mass is 16.5. The van der Waals surface area contributed by atoms with Crippen molar-refractivity contribution in [3.63, 3.8) is 0 Å². The molecule has 2 fully saturated rings. The molecule has 1 atom stereocenters. The van der Waals surface area contributed by atoms with Crippen LogP contribution in [0.5, 0.6) is 0 Å². The number of piperidine rings is 1. The number of nitrogens with one attached hydrogen (secondary N) is 2. The molecule has 2 aliphatic rings. The minimum absolute atomic E-state index is 0.153. The van der Waals surface area contributed by atoms with Crippen molar-refractivity contribution in [1.29, 1.82) is 0 Å². The van der Waals surface area contributed by atoms with E-state index < -0.39 is 0 Å². The number of pyridine rings is 1. The topological polar surface area (TPSA) is 77.7 Å². The molecule has 1 aromatic heterocycles. The Labute approximate surface area is 256 Å². The maximum atomic E-state index is 13.8. The maximum Gasteiger partial charge on any atom is 0.253 e. The van der Waals surface area contributed by atoms with Gasteiger partial charge in [0.1, 0.15) is 0 Å². The third kappa shape index (κ3) is 7.39. The Bertz CT molecular complexity index is 1470. The van der Waals surface area contributed by atoms with Crippen LogP contribution in [0.2, 0.25) is 0 Å². The third-order valence-electron chi connectivity index (χ3n) is 9.26. The second kappa shape index (κ2) is 13.9. The van der Waals surface area contributed by atoms with Crippen LogP contribution in [0.3, 0.4) is 0 Å². The number of likely N-dealkylation sites (tertiary alicyclic amines) is 1. The van der Waals surface area contributed by atoms with Gasteiger partial charge < -0.3 is 19.9 Å². The number of H-pyrrole nitrogens is 1. The molecule has 2 N–H and O–H groups in total. The molecule has 3 aromatic rings. The monoisotopic (exact) mass is 584 g/mol. The van der Waals surface area contributed by atoms with Crippen LogP contribution in [-0.4, -0.2) is 54.7 Å². The van der Waals surface area contributed by atoms with Crippen molar-refractivity contribution >= 4 is 11.6 Å². The molecule has 2 saturated heterocycles. The zero-order chi connectivity index (χ0) is 30.5. The second-order valence-electron chi connectivity index (χ2n) is 12.6. The van der Waals surface area contributed by atoms with E-state index in [1.807, 2.05) is 32.9 Å². The number of hydrogen-bond donors (Lipinski definition) is 2. The quantitative estimate of drug-likeness (QED) is 0.316. The molecule has 0 spiro atoms. The molecular formula is C36H48N4O3. The Balaban J connectivity index is 1.46. The second-order valence-corrected chi connectivity index (χ2v) is 12.6. The summed E-state index contributed by atoms with van der Waals surface area (Å²) in [5.41, 5.74) is 8.26. The lowest BCUT2D eigenvalue weighted by Gasteiger charge is -2.37. The van der Waals surface area contributed by atoms with Crippen molar-refractivity contribution in [2.45, 2.75) is 79.4 Å². The van der Waals surface area contributed by atoms with Crippen molar-refractivity contribution in [3.05, 3.63) is 86.3 Å².